The highest BCUT2D eigenvalue weighted by molar-refractivity contribution is 6.09. The fourth-order valence-electron chi connectivity index (χ4n) is 9.61. The highest BCUT2D eigenvalue weighted by atomic mass is 16.3. The van der Waals surface area contributed by atoms with E-state index in [-0.39, 0.29) is 17.4 Å². The third-order valence-electron chi connectivity index (χ3n) is 12.2. The number of aromatic nitrogens is 3. The normalized spacial score (nSPS) is 16.7. The average Bonchev–Trinajstić information content (AvgIpc) is 3.54. The second-order valence-electron chi connectivity index (χ2n) is 17.3. The maximum atomic E-state index is 7.05. The van der Waals surface area contributed by atoms with Crippen LogP contribution in [0.15, 0.2) is 114 Å². The molecule has 0 amide bonds. The van der Waals surface area contributed by atoms with Crippen molar-refractivity contribution in [1.82, 2.24) is 4.98 Å². The summed E-state index contributed by atoms with van der Waals surface area (Å²) >= 11 is 0. The van der Waals surface area contributed by atoms with E-state index < -0.39 is 0 Å². The number of nitrogens with zero attached hydrogens (tertiary/aromatic N) is 3. The van der Waals surface area contributed by atoms with Crippen molar-refractivity contribution in [3.05, 3.63) is 143 Å². The lowest BCUT2D eigenvalue weighted by Gasteiger charge is -2.29. The number of aryl methyl sites for hydroxylation is 2. The van der Waals surface area contributed by atoms with Crippen molar-refractivity contribution in [2.45, 2.75) is 97.4 Å². The Labute approximate surface area is 319 Å². The topological polar surface area (TPSA) is 33.8 Å². The Morgan fingerprint density at radius 2 is 1.52 bits per heavy atom. The predicted molar refractivity (Wildman–Crippen MR) is 222 cm³/mol. The van der Waals surface area contributed by atoms with E-state index in [4.69, 9.17) is 16.0 Å². The molecule has 3 aromatic carbocycles. The lowest BCUT2D eigenvalue weighted by atomic mass is 9.79. The van der Waals surface area contributed by atoms with Crippen molar-refractivity contribution < 1.29 is 13.6 Å². The molecule has 2 aliphatic rings. The van der Waals surface area contributed by atoms with Gasteiger partial charge in [-0.2, -0.15) is 9.13 Å². The van der Waals surface area contributed by atoms with Crippen LogP contribution in [0.4, 0.5) is 0 Å². The van der Waals surface area contributed by atoms with E-state index in [0.717, 1.165) is 51.8 Å². The number of rotatable bonds is 3. The van der Waals surface area contributed by atoms with Crippen LogP contribution in [-0.4, -0.2) is 4.98 Å². The summed E-state index contributed by atoms with van der Waals surface area (Å²) in [4.78, 5) is 5.33. The Hall–Kier alpha value is -5.35. The molecule has 9 rings (SSSR count). The Morgan fingerprint density at radius 3 is 2.26 bits per heavy atom. The van der Waals surface area contributed by atoms with Crippen LogP contribution >= 0.6 is 0 Å². The van der Waals surface area contributed by atoms with Gasteiger partial charge in [-0.05, 0) is 89.3 Å². The lowest BCUT2D eigenvalue weighted by Crippen LogP contribution is -2.50. The summed E-state index contributed by atoms with van der Waals surface area (Å²) in [5, 5.41) is 2.14. The highest BCUT2D eigenvalue weighted by Gasteiger charge is 2.46. The molecule has 4 aromatic heterocycles. The fourth-order valence-corrected chi connectivity index (χ4v) is 9.61. The summed E-state index contributed by atoms with van der Waals surface area (Å²) in [6.45, 7) is 23.3. The minimum atomic E-state index is -0.0499. The first-order valence-electron chi connectivity index (χ1n) is 19.8. The molecular formula is C50H51N3O+2. The number of hydrogen-bond acceptors (Lipinski definition) is 2. The maximum Gasteiger partial charge on any atom is 0.227 e. The third-order valence-corrected chi connectivity index (χ3v) is 12.2. The van der Waals surface area contributed by atoms with Crippen molar-refractivity contribution >= 4 is 27.8 Å². The van der Waals surface area contributed by atoms with Crippen LogP contribution < -0.4 is 9.13 Å². The zero-order chi connectivity index (χ0) is 37.6. The van der Waals surface area contributed by atoms with Gasteiger partial charge in [0.15, 0.2) is 29.7 Å². The summed E-state index contributed by atoms with van der Waals surface area (Å²) in [5.74, 6) is 0.833. The zero-order valence-electron chi connectivity index (χ0n) is 33.0. The molecule has 4 heteroatoms. The third kappa shape index (κ3) is 5.28. The number of allylic oxidation sites excluding steroid dienone is 1. The number of pyridine rings is 3. The minimum absolute atomic E-state index is 0.0499. The summed E-state index contributed by atoms with van der Waals surface area (Å²) in [6.07, 6.45) is 6.51. The number of hydrogen-bond donors (Lipinski definition) is 0. The first-order valence-corrected chi connectivity index (χ1v) is 19.8. The zero-order valence-corrected chi connectivity index (χ0v) is 33.0. The summed E-state index contributed by atoms with van der Waals surface area (Å²) < 4.78 is 12.0. The minimum Gasteiger partial charge on any atom is -0.437 e. The Morgan fingerprint density at radius 1 is 0.796 bits per heavy atom. The molecule has 0 spiro atoms. The quantitative estimate of drug-likeness (QED) is 0.171. The van der Waals surface area contributed by atoms with Crippen molar-refractivity contribution in [3.63, 3.8) is 0 Å². The molecule has 0 saturated heterocycles. The smallest absolute Gasteiger partial charge is 0.227 e. The van der Waals surface area contributed by atoms with Crippen LogP contribution in [0.2, 0.25) is 0 Å². The van der Waals surface area contributed by atoms with Crippen molar-refractivity contribution in [2.75, 3.05) is 0 Å². The summed E-state index contributed by atoms with van der Waals surface area (Å²) in [7, 11) is 0. The summed E-state index contributed by atoms with van der Waals surface area (Å²) in [6, 6.07) is 33.9. The standard InChI is InChI=1S/C50H51N3O/c1-29(2)34-17-14-18-35(30(3)4)47(34)41-24-23-39-38-22-20-33-21-25-43-45(37-16-11-10-15-36(37)42-19-12-13-26-52(42)43)32(6)53-28-40(50(7,8)9)31(5)27-44(53)46(33)48(38)54-49(39)51-41/h10-20,22-24,26-30,43,45H,6,21,25H2,1-5,7-9H3/q+2. The van der Waals surface area contributed by atoms with Gasteiger partial charge in [-0.3, -0.25) is 0 Å². The SMILES string of the molecule is C=C1C2c3ccccc3-c3cccc[n+]3C2CCc2ccc3c(oc4nc(-c5c(C(C)C)cccc5C(C)C)ccc43)c2-c2cc(C)c(C(C)(C)C)c[n+]21. The van der Waals surface area contributed by atoms with Crippen LogP contribution in [-0.2, 0) is 11.8 Å². The number of fused-ring (bicyclic) bond motifs is 13. The van der Waals surface area contributed by atoms with E-state index in [0.29, 0.717) is 17.5 Å². The van der Waals surface area contributed by atoms with E-state index in [1.165, 1.54) is 50.2 Å². The van der Waals surface area contributed by atoms with Gasteiger partial charge in [0.1, 0.15) is 5.92 Å². The van der Waals surface area contributed by atoms with Crippen LogP contribution in [0.1, 0.15) is 112 Å². The Kier molecular flexibility index (Phi) is 8.04. The molecule has 0 bridgehead atoms. The van der Waals surface area contributed by atoms with E-state index in [1.807, 2.05) is 0 Å². The summed E-state index contributed by atoms with van der Waals surface area (Å²) in [5.41, 5.74) is 17.5. The lowest BCUT2D eigenvalue weighted by molar-refractivity contribution is -0.720. The van der Waals surface area contributed by atoms with E-state index in [9.17, 15) is 0 Å². The second kappa shape index (κ2) is 12.6. The second-order valence-corrected chi connectivity index (χ2v) is 17.3. The van der Waals surface area contributed by atoms with Gasteiger partial charge in [-0.1, -0.05) is 97.0 Å². The molecule has 7 aromatic rings. The van der Waals surface area contributed by atoms with Gasteiger partial charge in [0, 0.05) is 46.5 Å². The molecule has 270 valence electrons. The fraction of sp³-hybridized carbons (Fsp3) is 0.300. The first kappa shape index (κ1) is 34.4. The van der Waals surface area contributed by atoms with Gasteiger partial charge in [0.05, 0.1) is 16.8 Å². The van der Waals surface area contributed by atoms with Crippen molar-refractivity contribution in [3.8, 4) is 33.8 Å². The van der Waals surface area contributed by atoms with E-state index in [2.05, 4.69) is 168 Å². The van der Waals surface area contributed by atoms with Crippen LogP contribution in [0.25, 0.3) is 61.5 Å². The molecule has 0 fully saturated rings. The molecular weight excluding hydrogens is 659 g/mol. The molecule has 0 aliphatic carbocycles. The number of benzene rings is 3. The van der Waals surface area contributed by atoms with Crippen molar-refractivity contribution in [1.29, 1.82) is 0 Å². The molecule has 2 aliphatic heterocycles. The largest absolute Gasteiger partial charge is 0.437 e. The van der Waals surface area contributed by atoms with Gasteiger partial charge < -0.3 is 4.42 Å². The molecule has 0 N–H and O–H groups in total. The van der Waals surface area contributed by atoms with Crippen LogP contribution in [0.5, 0.6) is 0 Å². The molecule has 2 atom stereocenters. The Bertz CT molecular complexity index is 2620. The van der Waals surface area contributed by atoms with Crippen LogP contribution in [0.3, 0.4) is 0 Å². The molecule has 4 nitrogen and oxygen atoms in total. The van der Waals surface area contributed by atoms with Gasteiger partial charge in [0.2, 0.25) is 17.1 Å². The van der Waals surface area contributed by atoms with Gasteiger partial charge in [-0.15, -0.1) is 0 Å². The molecule has 6 heterocycles. The molecule has 0 radical (unpaired) electrons. The van der Waals surface area contributed by atoms with Crippen molar-refractivity contribution in [2.24, 2.45) is 0 Å². The van der Waals surface area contributed by atoms with E-state index in [1.54, 1.807) is 0 Å². The maximum absolute atomic E-state index is 7.05. The highest BCUT2D eigenvalue weighted by Crippen LogP contribution is 2.47. The average molecular weight is 710 g/mol. The van der Waals surface area contributed by atoms with Crippen LogP contribution in [0, 0.1) is 6.92 Å². The van der Waals surface area contributed by atoms with Gasteiger partial charge in [-0.25, -0.2) is 4.98 Å². The number of furan rings is 1. The monoisotopic (exact) mass is 709 g/mol. The molecule has 0 saturated carbocycles. The molecule has 2 unspecified atom stereocenters. The molecule has 54 heavy (non-hydrogen) atoms. The van der Waals surface area contributed by atoms with Gasteiger partial charge >= 0.3 is 0 Å². The van der Waals surface area contributed by atoms with Gasteiger partial charge in [0.25, 0.3) is 0 Å². The predicted octanol–water partition coefficient (Wildman–Crippen LogP) is 12.2. The first-order chi connectivity index (χ1) is 25.9. The Balaban J connectivity index is 1.32. The van der Waals surface area contributed by atoms with E-state index >= 15 is 0 Å².